The second kappa shape index (κ2) is 9.59. The number of allylic oxidation sites excluding steroid dienone is 2. The van der Waals surface area contributed by atoms with Crippen LogP contribution in [0.3, 0.4) is 0 Å². The fraction of sp³-hybridized carbons (Fsp3) is 0.882. The summed E-state index contributed by atoms with van der Waals surface area (Å²) < 4.78 is 0. The van der Waals surface area contributed by atoms with Crippen molar-refractivity contribution in [3.63, 3.8) is 0 Å². The number of carbonyl (C=O) groups is 1. The fourth-order valence-electron chi connectivity index (χ4n) is 11.4. The van der Waals surface area contributed by atoms with Gasteiger partial charge in [0, 0.05) is 23.2 Å². The summed E-state index contributed by atoms with van der Waals surface area (Å²) in [5.41, 5.74) is -0.764. The Balaban J connectivity index is 0.00000172. The number of hydrogen-bond donors (Lipinski definition) is 3. The summed E-state index contributed by atoms with van der Waals surface area (Å²) in [6.45, 7) is 19.6. The van der Waals surface area contributed by atoms with Crippen molar-refractivity contribution in [3.8, 4) is 6.07 Å². The number of nitrogens with zero attached hydrogens (tertiary/aromatic N) is 1. The van der Waals surface area contributed by atoms with Crippen molar-refractivity contribution < 1.29 is 20.1 Å². The standard InChI is InChI=1S/C32H49NO4.C2H6/c1-27(2)10-12-32(24(36)18-34)13-11-31(7)25(20(32)16-27)21(35)14-23-29(5)15-19(17-33)26(37)28(3,4)22(29)8-9-30(23,31)6;1-2/h20,22-25,34,36-37H,8-16,18H2,1-7H3;1-2H3/t20?,22?,23?,24?,25?,29?,30?,31-,32?;/m1./s1. The van der Waals surface area contributed by atoms with E-state index in [1.165, 1.54) is 0 Å². The Morgan fingerprint density at radius 3 is 2.15 bits per heavy atom. The Hall–Kier alpha value is -1.38. The molecule has 0 heterocycles. The molecular formula is C34H55NO4. The molecule has 3 N–H and O–H groups in total. The summed E-state index contributed by atoms with van der Waals surface area (Å²) in [6, 6.07) is 2.32. The van der Waals surface area contributed by atoms with Gasteiger partial charge in [-0.1, -0.05) is 62.3 Å². The molecule has 5 aliphatic rings. The van der Waals surface area contributed by atoms with E-state index in [1.807, 2.05) is 13.8 Å². The first kappa shape index (κ1) is 30.6. The molecule has 4 fully saturated rings. The molecule has 39 heavy (non-hydrogen) atoms. The van der Waals surface area contributed by atoms with Crippen LogP contribution >= 0.6 is 0 Å². The van der Waals surface area contributed by atoms with Gasteiger partial charge in [-0.25, -0.2) is 0 Å². The highest BCUT2D eigenvalue weighted by Crippen LogP contribution is 2.76. The van der Waals surface area contributed by atoms with Crippen molar-refractivity contribution in [3.05, 3.63) is 11.3 Å². The van der Waals surface area contributed by atoms with E-state index in [-0.39, 0.29) is 63.1 Å². The van der Waals surface area contributed by atoms with Gasteiger partial charge in [0.2, 0.25) is 0 Å². The van der Waals surface area contributed by atoms with E-state index in [9.17, 15) is 25.4 Å². The van der Waals surface area contributed by atoms with Crippen LogP contribution in [0.5, 0.6) is 0 Å². The predicted octanol–water partition coefficient (Wildman–Crippen LogP) is 7.37. The second-order valence-corrected chi connectivity index (χ2v) is 15.9. The second-order valence-electron chi connectivity index (χ2n) is 15.9. The minimum atomic E-state index is -0.782. The molecule has 220 valence electrons. The van der Waals surface area contributed by atoms with Gasteiger partial charge in [-0.2, -0.15) is 5.26 Å². The van der Waals surface area contributed by atoms with Gasteiger partial charge in [0.1, 0.15) is 11.5 Å². The summed E-state index contributed by atoms with van der Waals surface area (Å²) in [4.78, 5) is 14.5. The molecule has 0 radical (unpaired) electrons. The minimum absolute atomic E-state index is 0.0711. The molecule has 0 amide bonds. The number of nitriles is 1. The monoisotopic (exact) mass is 541 g/mol. The van der Waals surface area contributed by atoms with Crippen molar-refractivity contribution in [1.82, 2.24) is 0 Å². The zero-order valence-electron chi connectivity index (χ0n) is 26.2. The Labute approximate surface area is 237 Å². The number of aliphatic hydroxyl groups is 3. The highest BCUT2D eigenvalue weighted by atomic mass is 16.3. The number of hydrogen-bond acceptors (Lipinski definition) is 5. The van der Waals surface area contributed by atoms with E-state index >= 15 is 0 Å². The van der Waals surface area contributed by atoms with Gasteiger partial charge in [0.05, 0.1) is 24.4 Å². The predicted molar refractivity (Wildman–Crippen MR) is 155 cm³/mol. The van der Waals surface area contributed by atoms with Gasteiger partial charge >= 0.3 is 0 Å². The van der Waals surface area contributed by atoms with E-state index < -0.39 is 11.5 Å². The van der Waals surface area contributed by atoms with Crippen LogP contribution in [0, 0.1) is 67.5 Å². The molecule has 9 atom stereocenters. The third kappa shape index (κ3) is 3.93. The maximum absolute atomic E-state index is 14.5. The molecule has 5 heteroatoms. The summed E-state index contributed by atoms with van der Waals surface area (Å²) in [6.07, 6.45) is 6.82. The number of Topliss-reactive ketones (excluding diaryl/α,β-unsaturated/α-hetero) is 1. The molecule has 5 aliphatic carbocycles. The Bertz CT molecular complexity index is 1070. The van der Waals surface area contributed by atoms with E-state index in [0.717, 1.165) is 44.9 Å². The molecule has 0 aromatic heterocycles. The third-order valence-corrected chi connectivity index (χ3v) is 13.6. The lowest BCUT2D eigenvalue weighted by Crippen LogP contribution is -2.69. The normalized spacial score (nSPS) is 46.8. The average Bonchev–Trinajstić information content (AvgIpc) is 2.88. The number of aliphatic hydroxyl groups excluding tert-OH is 3. The topological polar surface area (TPSA) is 102 Å². The zero-order chi connectivity index (χ0) is 29.4. The molecule has 0 aromatic carbocycles. The van der Waals surface area contributed by atoms with Gasteiger partial charge in [0.15, 0.2) is 0 Å². The molecular weight excluding hydrogens is 486 g/mol. The molecule has 0 spiro atoms. The number of ketones is 1. The van der Waals surface area contributed by atoms with E-state index in [4.69, 9.17) is 0 Å². The van der Waals surface area contributed by atoms with Crippen molar-refractivity contribution in [2.45, 2.75) is 126 Å². The highest BCUT2D eigenvalue weighted by molar-refractivity contribution is 5.84. The maximum atomic E-state index is 14.5. The summed E-state index contributed by atoms with van der Waals surface area (Å²) in [5, 5.41) is 42.3. The number of rotatable bonds is 2. The largest absolute Gasteiger partial charge is 0.511 e. The van der Waals surface area contributed by atoms with Crippen LogP contribution in [0.2, 0.25) is 0 Å². The lowest BCUT2D eigenvalue weighted by molar-refractivity contribution is -0.243. The number of carbonyl (C=O) groups excluding carboxylic acids is 1. The fourth-order valence-corrected chi connectivity index (χ4v) is 11.4. The molecule has 0 bridgehead atoms. The summed E-state index contributed by atoms with van der Waals surface area (Å²) in [5.74, 6) is 0.913. The first-order valence-corrected chi connectivity index (χ1v) is 15.7. The van der Waals surface area contributed by atoms with Crippen molar-refractivity contribution in [2.75, 3.05) is 6.61 Å². The highest BCUT2D eigenvalue weighted by Gasteiger charge is 2.72. The summed E-state index contributed by atoms with van der Waals surface area (Å²) >= 11 is 0. The van der Waals surface area contributed by atoms with Gasteiger partial charge in [0.25, 0.3) is 0 Å². The van der Waals surface area contributed by atoms with Crippen LogP contribution in [0.1, 0.15) is 120 Å². The SMILES string of the molecule is CC.CC1(C)CCC2(C(O)CO)CC[C@]3(C)C(C(=O)CC4C5(C)CC(C#N)=C(O)C(C)(C)C5CCC43C)C2C1. The van der Waals surface area contributed by atoms with Crippen LogP contribution in [0.15, 0.2) is 11.3 Å². The Kier molecular flexibility index (Phi) is 7.52. The average molecular weight is 542 g/mol. The lowest BCUT2D eigenvalue weighted by Gasteiger charge is -2.72. The third-order valence-electron chi connectivity index (χ3n) is 13.6. The summed E-state index contributed by atoms with van der Waals surface area (Å²) in [7, 11) is 0. The Morgan fingerprint density at radius 1 is 0.949 bits per heavy atom. The van der Waals surface area contributed by atoms with Crippen LogP contribution in [-0.2, 0) is 4.79 Å². The van der Waals surface area contributed by atoms with Crippen molar-refractivity contribution >= 4 is 5.78 Å². The first-order chi connectivity index (χ1) is 18.0. The molecule has 0 aliphatic heterocycles. The van der Waals surface area contributed by atoms with E-state index in [2.05, 4.69) is 54.5 Å². The van der Waals surface area contributed by atoms with Gasteiger partial charge in [-0.3, -0.25) is 4.79 Å². The molecule has 5 nitrogen and oxygen atoms in total. The van der Waals surface area contributed by atoms with Crippen LogP contribution in [-0.4, -0.2) is 33.8 Å². The Morgan fingerprint density at radius 2 is 1.56 bits per heavy atom. The smallest absolute Gasteiger partial charge is 0.137 e. The number of fused-ring (bicyclic) bond motifs is 7. The van der Waals surface area contributed by atoms with E-state index in [0.29, 0.717) is 24.2 Å². The van der Waals surface area contributed by atoms with Crippen LogP contribution in [0.4, 0.5) is 0 Å². The minimum Gasteiger partial charge on any atom is -0.511 e. The molecule has 0 saturated heterocycles. The molecule has 4 saturated carbocycles. The zero-order valence-corrected chi connectivity index (χ0v) is 26.2. The maximum Gasteiger partial charge on any atom is 0.137 e. The molecule has 8 unspecified atom stereocenters. The van der Waals surface area contributed by atoms with Gasteiger partial charge < -0.3 is 15.3 Å². The van der Waals surface area contributed by atoms with E-state index in [1.54, 1.807) is 0 Å². The first-order valence-electron chi connectivity index (χ1n) is 15.7. The van der Waals surface area contributed by atoms with Crippen LogP contribution < -0.4 is 0 Å². The lowest BCUT2D eigenvalue weighted by atomic mass is 9.31. The molecule has 5 rings (SSSR count). The molecule has 0 aromatic rings. The van der Waals surface area contributed by atoms with Crippen molar-refractivity contribution in [2.24, 2.45) is 56.2 Å². The van der Waals surface area contributed by atoms with Gasteiger partial charge in [-0.15, -0.1) is 0 Å². The quantitative estimate of drug-likeness (QED) is 0.339. The van der Waals surface area contributed by atoms with Crippen LogP contribution in [0.25, 0.3) is 0 Å². The van der Waals surface area contributed by atoms with Crippen molar-refractivity contribution in [1.29, 1.82) is 5.26 Å². The van der Waals surface area contributed by atoms with Gasteiger partial charge in [-0.05, 0) is 90.8 Å².